The van der Waals surface area contributed by atoms with Crippen LogP contribution in [-0.4, -0.2) is 42.6 Å². The number of benzene rings is 2. The van der Waals surface area contributed by atoms with Gasteiger partial charge in [0, 0.05) is 12.2 Å². The number of anilines is 1. The third-order valence-corrected chi connectivity index (χ3v) is 4.57. The number of methoxy groups -OCH3 is 1. The Balaban J connectivity index is 1.57. The van der Waals surface area contributed by atoms with Crippen LogP contribution in [0.4, 0.5) is 10.5 Å². The molecule has 1 heterocycles. The second-order valence-electron chi connectivity index (χ2n) is 6.45. The minimum absolute atomic E-state index is 0.166. The summed E-state index contributed by atoms with van der Waals surface area (Å²) in [5.74, 6) is -0.721. The molecule has 1 aliphatic heterocycles. The van der Waals surface area contributed by atoms with E-state index in [-0.39, 0.29) is 12.5 Å². The highest BCUT2D eigenvalue weighted by atomic mass is 16.6. The fraction of sp³-hybridized carbons (Fsp3) is 0.286. The molecule has 7 heteroatoms. The van der Waals surface area contributed by atoms with Gasteiger partial charge in [0.1, 0.15) is 12.6 Å². The molecule has 1 aliphatic rings. The average Bonchev–Trinajstić information content (AvgIpc) is 3.23. The molecule has 2 aromatic carbocycles. The zero-order chi connectivity index (χ0) is 19.9. The van der Waals surface area contributed by atoms with Crippen molar-refractivity contribution >= 4 is 23.7 Å². The Morgan fingerprint density at radius 1 is 1.07 bits per heavy atom. The van der Waals surface area contributed by atoms with Gasteiger partial charge >= 0.3 is 12.1 Å². The van der Waals surface area contributed by atoms with Gasteiger partial charge in [0.25, 0.3) is 0 Å². The smallest absolute Gasteiger partial charge is 0.410 e. The fourth-order valence-electron chi connectivity index (χ4n) is 3.09. The van der Waals surface area contributed by atoms with Crippen molar-refractivity contribution in [2.75, 3.05) is 19.0 Å². The summed E-state index contributed by atoms with van der Waals surface area (Å²) < 4.78 is 10.0. The molecule has 0 spiro atoms. The van der Waals surface area contributed by atoms with E-state index < -0.39 is 18.1 Å². The van der Waals surface area contributed by atoms with Crippen LogP contribution < -0.4 is 5.32 Å². The Bertz CT molecular complexity index is 836. The first-order chi connectivity index (χ1) is 13.6. The van der Waals surface area contributed by atoms with Crippen LogP contribution in [0.1, 0.15) is 28.8 Å². The van der Waals surface area contributed by atoms with Crippen molar-refractivity contribution in [1.29, 1.82) is 0 Å². The number of likely N-dealkylation sites (tertiary alicyclic amines) is 1. The zero-order valence-electron chi connectivity index (χ0n) is 15.6. The van der Waals surface area contributed by atoms with E-state index in [1.54, 1.807) is 24.3 Å². The molecule has 0 bridgehead atoms. The molecule has 3 rings (SSSR count). The van der Waals surface area contributed by atoms with Gasteiger partial charge in [-0.05, 0) is 42.7 Å². The van der Waals surface area contributed by atoms with Gasteiger partial charge in [-0.15, -0.1) is 0 Å². The summed E-state index contributed by atoms with van der Waals surface area (Å²) >= 11 is 0. The molecule has 0 aromatic heterocycles. The highest BCUT2D eigenvalue weighted by Gasteiger charge is 2.35. The molecule has 7 nitrogen and oxygen atoms in total. The molecular formula is C21H22N2O5. The lowest BCUT2D eigenvalue weighted by Gasteiger charge is -2.23. The summed E-state index contributed by atoms with van der Waals surface area (Å²) in [5.41, 5.74) is 1.83. The van der Waals surface area contributed by atoms with Crippen LogP contribution in [-0.2, 0) is 20.9 Å². The average molecular weight is 382 g/mol. The predicted molar refractivity (Wildman–Crippen MR) is 103 cm³/mol. The maximum Gasteiger partial charge on any atom is 0.410 e. The Labute approximate surface area is 163 Å². The molecule has 28 heavy (non-hydrogen) atoms. The largest absolute Gasteiger partial charge is 0.465 e. The minimum Gasteiger partial charge on any atom is -0.465 e. The van der Waals surface area contributed by atoms with E-state index in [1.807, 2.05) is 30.3 Å². The summed E-state index contributed by atoms with van der Waals surface area (Å²) in [6.07, 6.45) is 0.814. The van der Waals surface area contributed by atoms with Crippen molar-refractivity contribution in [3.8, 4) is 0 Å². The van der Waals surface area contributed by atoms with Gasteiger partial charge in [0.15, 0.2) is 0 Å². The minimum atomic E-state index is -0.580. The number of carbonyl (C=O) groups excluding carboxylic acids is 3. The first-order valence-electron chi connectivity index (χ1n) is 9.05. The zero-order valence-corrected chi connectivity index (χ0v) is 15.6. The number of hydrogen-bond donors (Lipinski definition) is 1. The van der Waals surface area contributed by atoms with Crippen LogP contribution in [0.15, 0.2) is 54.6 Å². The van der Waals surface area contributed by atoms with E-state index >= 15 is 0 Å². The Hall–Kier alpha value is -3.35. The maximum atomic E-state index is 12.6. The van der Waals surface area contributed by atoms with E-state index in [1.165, 1.54) is 12.0 Å². The monoisotopic (exact) mass is 382 g/mol. The number of rotatable bonds is 5. The van der Waals surface area contributed by atoms with Crippen LogP contribution in [0, 0.1) is 0 Å². The highest BCUT2D eigenvalue weighted by Crippen LogP contribution is 2.21. The van der Waals surface area contributed by atoms with Crippen molar-refractivity contribution in [3.05, 3.63) is 65.7 Å². The van der Waals surface area contributed by atoms with Gasteiger partial charge in [0.05, 0.1) is 12.7 Å². The number of nitrogens with zero attached hydrogens (tertiary/aromatic N) is 1. The van der Waals surface area contributed by atoms with Crippen LogP contribution in [0.3, 0.4) is 0 Å². The molecule has 1 N–H and O–H groups in total. The van der Waals surface area contributed by atoms with E-state index in [2.05, 4.69) is 10.1 Å². The predicted octanol–water partition coefficient (Wildman–Crippen LogP) is 3.21. The maximum absolute atomic E-state index is 12.6. The number of carbonyl (C=O) groups is 3. The summed E-state index contributed by atoms with van der Waals surface area (Å²) in [6.45, 7) is 0.645. The topological polar surface area (TPSA) is 84.9 Å². The van der Waals surface area contributed by atoms with Gasteiger partial charge in [-0.1, -0.05) is 30.3 Å². The molecule has 0 unspecified atom stereocenters. The van der Waals surface area contributed by atoms with Gasteiger partial charge < -0.3 is 14.8 Å². The summed E-state index contributed by atoms with van der Waals surface area (Å²) in [7, 11) is 1.31. The molecule has 0 saturated carbocycles. The fourth-order valence-corrected chi connectivity index (χ4v) is 3.09. The second kappa shape index (κ2) is 9.03. The lowest BCUT2D eigenvalue weighted by Crippen LogP contribution is -2.43. The summed E-state index contributed by atoms with van der Waals surface area (Å²) in [4.78, 5) is 38.0. The van der Waals surface area contributed by atoms with Crippen LogP contribution in [0.5, 0.6) is 0 Å². The van der Waals surface area contributed by atoms with Gasteiger partial charge in [-0.2, -0.15) is 0 Å². The molecule has 2 aromatic rings. The first kappa shape index (κ1) is 19.4. The molecule has 1 fully saturated rings. The molecule has 146 valence electrons. The number of ether oxygens (including phenoxy) is 2. The molecular weight excluding hydrogens is 360 g/mol. The lowest BCUT2D eigenvalue weighted by molar-refractivity contribution is -0.120. The number of amides is 2. The number of esters is 1. The third-order valence-electron chi connectivity index (χ3n) is 4.57. The second-order valence-corrected chi connectivity index (χ2v) is 6.45. The van der Waals surface area contributed by atoms with Crippen molar-refractivity contribution in [3.63, 3.8) is 0 Å². The van der Waals surface area contributed by atoms with E-state index in [0.29, 0.717) is 24.2 Å². The van der Waals surface area contributed by atoms with E-state index in [0.717, 1.165) is 12.0 Å². The normalized spacial score (nSPS) is 15.8. The molecule has 2 amide bonds. The van der Waals surface area contributed by atoms with E-state index in [4.69, 9.17) is 4.74 Å². The number of nitrogens with one attached hydrogen (secondary N) is 1. The van der Waals surface area contributed by atoms with E-state index in [9.17, 15) is 14.4 Å². The SMILES string of the molecule is COC(=O)c1ccc(NC(=O)[C@@H]2CCCN2C(=O)OCc2ccccc2)cc1. The third kappa shape index (κ3) is 4.68. The molecule has 1 saturated heterocycles. The van der Waals surface area contributed by atoms with Crippen molar-refractivity contribution < 1.29 is 23.9 Å². The summed E-state index contributed by atoms with van der Waals surface area (Å²) in [5, 5.41) is 2.79. The van der Waals surface area contributed by atoms with Crippen LogP contribution in [0.25, 0.3) is 0 Å². The van der Waals surface area contributed by atoms with Crippen molar-refractivity contribution in [2.45, 2.75) is 25.5 Å². The highest BCUT2D eigenvalue weighted by molar-refractivity contribution is 5.97. The Kier molecular flexibility index (Phi) is 6.26. The standard InChI is InChI=1S/C21H22N2O5/c1-27-20(25)16-9-11-17(12-10-16)22-19(24)18-8-5-13-23(18)21(26)28-14-15-6-3-2-4-7-15/h2-4,6-7,9-12,18H,5,8,13-14H2,1H3,(H,22,24)/t18-/m0/s1. The Morgan fingerprint density at radius 2 is 1.79 bits per heavy atom. The molecule has 1 atom stereocenters. The van der Waals surface area contributed by atoms with Crippen molar-refractivity contribution in [2.24, 2.45) is 0 Å². The summed E-state index contributed by atoms with van der Waals surface area (Å²) in [6, 6.07) is 15.2. The van der Waals surface area contributed by atoms with Gasteiger partial charge in [-0.3, -0.25) is 9.69 Å². The van der Waals surface area contributed by atoms with Crippen LogP contribution >= 0.6 is 0 Å². The molecule has 0 radical (unpaired) electrons. The Morgan fingerprint density at radius 3 is 2.46 bits per heavy atom. The van der Waals surface area contributed by atoms with Crippen molar-refractivity contribution in [1.82, 2.24) is 4.90 Å². The van der Waals surface area contributed by atoms with Crippen LogP contribution in [0.2, 0.25) is 0 Å². The molecule has 0 aliphatic carbocycles. The number of hydrogen-bond acceptors (Lipinski definition) is 5. The quantitative estimate of drug-likeness (QED) is 0.803. The van der Waals surface area contributed by atoms with Gasteiger partial charge in [0.2, 0.25) is 5.91 Å². The lowest BCUT2D eigenvalue weighted by atomic mass is 10.2. The van der Waals surface area contributed by atoms with Gasteiger partial charge in [-0.25, -0.2) is 9.59 Å². The first-order valence-corrected chi connectivity index (χ1v) is 9.05.